The number of furan rings is 1. The fourth-order valence-electron chi connectivity index (χ4n) is 2.82. The highest BCUT2D eigenvalue weighted by Crippen LogP contribution is 2.27. The highest BCUT2D eigenvalue weighted by Gasteiger charge is 2.15. The van der Waals surface area contributed by atoms with Gasteiger partial charge in [0.25, 0.3) is 0 Å². The molecule has 2 aromatic heterocycles. The number of benzene rings is 1. The van der Waals surface area contributed by atoms with Gasteiger partial charge in [0.15, 0.2) is 5.82 Å². The van der Waals surface area contributed by atoms with Crippen LogP contribution in [0.4, 0.5) is 11.5 Å². The topological polar surface area (TPSA) is 88.3 Å². The number of allylic oxidation sites excluding steroid dienone is 1. The SMILES string of the molecule is C=CCc1c(CC)nc(-c2ccoc2)nc1Nc1ccc(CC(=O)O)cc1. The predicted molar refractivity (Wildman–Crippen MR) is 104 cm³/mol. The van der Waals surface area contributed by atoms with Crippen LogP contribution in [0.25, 0.3) is 11.4 Å². The number of aryl methyl sites for hydroxylation is 1. The molecule has 0 aliphatic rings. The van der Waals surface area contributed by atoms with Gasteiger partial charge in [-0.25, -0.2) is 9.97 Å². The van der Waals surface area contributed by atoms with Crippen LogP contribution in [0, 0.1) is 0 Å². The first-order valence-corrected chi connectivity index (χ1v) is 8.71. The molecule has 0 bridgehead atoms. The Balaban J connectivity index is 1.97. The van der Waals surface area contributed by atoms with Gasteiger partial charge in [-0.2, -0.15) is 0 Å². The van der Waals surface area contributed by atoms with Crippen molar-refractivity contribution in [2.24, 2.45) is 0 Å². The first-order chi connectivity index (χ1) is 13.1. The van der Waals surface area contributed by atoms with Gasteiger partial charge >= 0.3 is 5.97 Å². The Morgan fingerprint density at radius 2 is 2.04 bits per heavy atom. The lowest BCUT2D eigenvalue weighted by molar-refractivity contribution is -0.136. The maximum absolute atomic E-state index is 10.8. The molecular formula is C21H21N3O3. The molecule has 138 valence electrons. The van der Waals surface area contributed by atoms with E-state index in [4.69, 9.17) is 9.52 Å². The molecule has 6 nitrogen and oxygen atoms in total. The lowest BCUT2D eigenvalue weighted by Crippen LogP contribution is -2.07. The molecule has 0 saturated heterocycles. The van der Waals surface area contributed by atoms with Crippen LogP contribution in [-0.2, 0) is 24.1 Å². The van der Waals surface area contributed by atoms with E-state index < -0.39 is 5.97 Å². The Bertz CT molecular complexity index is 932. The number of aromatic nitrogens is 2. The first kappa shape index (κ1) is 18.4. The molecule has 0 aliphatic carbocycles. The second-order valence-electron chi connectivity index (χ2n) is 6.07. The summed E-state index contributed by atoms with van der Waals surface area (Å²) in [6, 6.07) is 9.11. The summed E-state index contributed by atoms with van der Waals surface area (Å²) in [4.78, 5) is 20.2. The van der Waals surface area contributed by atoms with Crippen molar-refractivity contribution in [3.8, 4) is 11.4 Å². The number of rotatable bonds is 8. The number of carbonyl (C=O) groups is 1. The van der Waals surface area contributed by atoms with Crippen LogP contribution < -0.4 is 5.32 Å². The minimum absolute atomic E-state index is 0.000121. The summed E-state index contributed by atoms with van der Waals surface area (Å²) in [5.41, 5.74) is 4.33. The lowest BCUT2D eigenvalue weighted by atomic mass is 10.1. The van der Waals surface area contributed by atoms with Crippen molar-refractivity contribution < 1.29 is 14.3 Å². The number of hydrogen-bond acceptors (Lipinski definition) is 5. The number of anilines is 2. The third-order valence-electron chi connectivity index (χ3n) is 4.13. The van der Waals surface area contributed by atoms with E-state index in [-0.39, 0.29) is 6.42 Å². The number of carboxylic acids is 1. The molecule has 0 amide bonds. The normalized spacial score (nSPS) is 10.6. The van der Waals surface area contributed by atoms with Gasteiger partial charge in [0, 0.05) is 16.9 Å². The molecule has 2 N–H and O–H groups in total. The quantitative estimate of drug-likeness (QED) is 0.577. The van der Waals surface area contributed by atoms with E-state index in [2.05, 4.69) is 28.8 Å². The summed E-state index contributed by atoms with van der Waals surface area (Å²) in [7, 11) is 0. The van der Waals surface area contributed by atoms with Crippen molar-refractivity contribution in [2.45, 2.75) is 26.2 Å². The van der Waals surface area contributed by atoms with E-state index in [0.717, 1.165) is 34.5 Å². The number of carboxylic acid groups (broad SMARTS) is 1. The zero-order valence-corrected chi connectivity index (χ0v) is 15.1. The number of hydrogen-bond donors (Lipinski definition) is 2. The number of nitrogens with zero attached hydrogens (tertiary/aromatic N) is 2. The van der Waals surface area contributed by atoms with Crippen LogP contribution in [0.5, 0.6) is 0 Å². The van der Waals surface area contributed by atoms with Gasteiger partial charge in [0.2, 0.25) is 0 Å². The van der Waals surface area contributed by atoms with E-state index in [1.54, 1.807) is 24.7 Å². The third kappa shape index (κ3) is 4.41. The van der Waals surface area contributed by atoms with Gasteiger partial charge in [-0.3, -0.25) is 4.79 Å². The lowest BCUT2D eigenvalue weighted by Gasteiger charge is -2.15. The maximum Gasteiger partial charge on any atom is 0.307 e. The summed E-state index contributed by atoms with van der Waals surface area (Å²) in [5, 5.41) is 12.2. The molecule has 0 unspecified atom stereocenters. The second-order valence-corrected chi connectivity index (χ2v) is 6.07. The van der Waals surface area contributed by atoms with Crippen LogP contribution in [0.3, 0.4) is 0 Å². The molecule has 0 fully saturated rings. The Hall–Kier alpha value is -3.41. The van der Waals surface area contributed by atoms with Gasteiger partial charge < -0.3 is 14.8 Å². The molecule has 0 radical (unpaired) electrons. The summed E-state index contributed by atoms with van der Waals surface area (Å²) in [5.74, 6) is 0.458. The largest absolute Gasteiger partial charge is 0.481 e. The summed E-state index contributed by atoms with van der Waals surface area (Å²) in [6.45, 7) is 5.89. The fraction of sp³-hybridized carbons (Fsp3) is 0.190. The van der Waals surface area contributed by atoms with Gasteiger partial charge in [0.05, 0.1) is 18.2 Å². The number of aliphatic carboxylic acids is 1. The molecule has 0 spiro atoms. The van der Waals surface area contributed by atoms with Crippen molar-refractivity contribution in [3.63, 3.8) is 0 Å². The molecule has 0 aliphatic heterocycles. The monoisotopic (exact) mass is 363 g/mol. The van der Waals surface area contributed by atoms with Crippen LogP contribution >= 0.6 is 0 Å². The van der Waals surface area contributed by atoms with Crippen molar-refractivity contribution in [2.75, 3.05) is 5.32 Å². The first-order valence-electron chi connectivity index (χ1n) is 8.71. The van der Waals surface area contributed by atoms with Gasteiger partial charge in [-0.15, -0.1) is 6.58 Å². The number of nitrogens with one attached hydrogen (secondary N) is 1. The van der Waals surface area contributed by atoms with Gasteiger partial charge in [-0.1, -0.05) is 25.1 Å². The van der Waals surface area contributed by atoms with Crippen LogP contribution in [0.15, 0.2) is 59.9 Å². The van der Waals surface area contributed by atoms with Crippen LogP contribution in [0.2, 0.25) is 0 Å². The molecule has 0 atom stereocenters. The maximum atomic E-state index is 10.8. The second kappa shape index (κ2) is 8.31. The van der Waals surface area contributed by atoms with Crippen molar-refractivity contribution in [1.82, 2.24) is 9.97 Å². The molecule has 0 saturated carbocycles. The Labute approximate surface area is 157 Å². The van der Waals surface area contributed by atoms with E-state index in [1.165, 1.54) is 0 Å². The Morgan fingerprint density at radius 3 is 2.63 bits per heavy atom. The molecule has 27 heavy (non-hydrogen) atoms. The van der Waals surface area contributed by atoms with E-state index in [0.29, 0.717) is 18.1 Å². The summed E-state index contributed by atoms with van der Waals surface area (Å²) in [6.07, 6.45) is 6.45. The van der Waals surface area contributed by atoms with E-state index >= 15 is 0 Å². The molecule has 6 heteroatoms. The summed E-state index contributed by atoms with van der Waals surface area (Å²) < 4.78 is 5.16. The standard InChI is InChI=1S/C21H21N3O3/c1-3-5-17-18(4-2)23-20(15-10-11-27-13-15)24-21(17)22-16-8-6-14(7-9-16)12-19(25)26/h3,6-11,13H,1,4-5,12H2,2H3,(H,25,26)(H,22,23,24). The molecule has 2 heterocycles. The highest BCUT2D eigenvalue weighted by molar-refractivity contribution is 5.71. The van der Waals surface area contributed by atoms with E-state index in [1.807, 2.05) is 24.3 Å². The highest BCUT2D eigenvalue weighted by atomic mass is 16.4. The molecular weight excluding hydrogens is 342 g/mol. The van der Waals surface area contributed by atoms with E-state index in [9.17, 15) is 4.79 Å². The van der Waals surface area contributed by atoms with Crippen LogP contribution in [-0.4, -0.2) is 21.0 Å². The summed E-state index contributed by atoms with van der Waals surface area (Å²) >= 11 is 0. The molecule has 3 aromatic rings. The van der Waals surface area contributed by atoms with Crippen molar-refractivity contribution >= 4 is 17.5 Å². The van der Waals surface area contributed by atoms with Gasteiger partial charge in [-0.05, 0) is 36.6 Å². The predicted octanol–water partition coefficient (Wildman–Crippen LogP) is 4.40. The molecule has 1 aromatic carbocycles. The fourth-order valence-corrected chi connectivity index (χ4v) is 2.82. The zero-order valence-electron chi connectivity index (χ0n) is 15.1. The average molecular weight is 363 g/mol. The Kier molecular flexibility index (Phi) is 5.66. The minimum Gasteiger partial charge on any atom is -0.481 e. The smallest absolute Gasteiger partial charge is 0.307 e. The zero-order chi connectivity index (χ0) is 19.2. The third-order valence-corrected chi connectivity index (χ3v) is 4.13. The minimum atomic E-state index is -0.850. The van der Waals surface area contributed by atoms with Crippen molar-refractivity contribution in [1.29, 1.82) is 0 Å². The van der Waals surface area contributed by atoms with Crippen LogP contribution in [0.1, 0.15) is 23.7 Å². The average Bonchev–Trinajstić information content (AvgIpc) is 3.19. The Morgan fingerprint density at radius 1 is 1.26 bits per heavy atom. The van der Waals surface area contributed by atoms with Crippen molar-refractivity contribution in [3.05, 3.63) is 72.3 Å². The van der Waals surface area contributed by atoms with Gasteiger partial charge in [0.1, 0.15) is 12.1 Å². The molecule has 3 rings (SSSR count).